The third-order valence-corrected chi connectivity index (χ3v) is 4.43. The molecule has 4 nitrogen and oxygen atoms in total. The number of hydrogen-bond donors (Lipinski definition) is 0. The van der Waals surface area contributed by atoms with Gasteiger partial charge in [0.15, 0.2) is 6.10 Å². The standard InChI is InChI=1S/C16H18N2O2/c1-17-9-12(11-5-2-3-6-13(11)17)14-7-4-8-18(14)16(19)15-10-20-15/h2-3,5-6,9,14-15H,4,7-8,10H2,1H3. The van der Waals surface area contributed by atoms with Crippen molar-refractivity contribution >= 4 is 16.8 Å². The van der Waals surface area contributed by atoms with Gasteiger partial charge in [-0.15, -0.1) is 0 Å². The van der Waals surface area contributed by atoms with Gasteiger partial charge in [0, 0.05) is 36.3 Å². The summed E-state index contributed by atoms with van der Waals surface area (Å²) >= 11 is 0. The maximum atomic E-state index is 12.3. The van der Waals surface area contributed by atoms with Crippen LogP contribution in [0.5, 0.6) is 0 Å². The third kappa shape index (κ3) is 1.75. The molecule has 1 aromatic carbocycles. The molecule has 104 valence electrons. The molecule has 2 aliphatic heterocycles. The van der Waals surface area contributed by atoms with E-state index in [4.69, 9.17) is 4.74 Å². The van der Waals surface area contributed by atoms with Crippen molar-refractivity contribution < 1.29 is 9.53 Å². The molecule has 4 rings (SSSR count). The maximum absolute atomic E-state index is 12.3. The fourth-order valence-electron chi connectivity index (χ4n) is 3.37. The van der Waals surface area contributed by atoms with Crippen LogP contribution in [0.2, 0.25) is 0 Å². The van der Waals surface area contributed by atoms with E-state index in [1.165, 1.54) is 16.5 Å². The zero-order valence-corrected chi connectivity index (χ0v) is 11.6. The van der Waals surface area contributed by atoms with Crippen LogP contribution >= 0.6 is 0 Å². The van der Waals surface area contributed by atoms with Gasteiger partial charge in [-0.25, -0.2) is 0 Å². The smallest absolute Gasteiger partial charge is 0.254 e. The predicted molar refractivity (Wildman–Crippen MR) is 76.3 cm³/mol. The minimum absolute atomic E-state index is 0.167. The highest BCUT2D eigenvalue weighted by Gasteiger charge is 2.40. The molecule has 0 bridgehead atoms. The molecule has 2 atom stereocenters. The average Bonchev–Trinajstić information content (AvgIpc) is 3.12. The van der Waals surface area contributed by atoms with E-state index >= 15 is 0 Å². The van der Waals surface area contributed by atoms with Crippen LogP contribution in [0.3, 0.4) is 0 Å². The van der Waals surface area contributed by atoms with E-state index < -0.39 is 0 Å². The number of para-hydroxylation sites is 1. The number of aromatic nitrogens is 1. The first kappa shape index (κ1) is 12.0. The van der Waals surface area contributed by atoms with Crippen molar-refractivity contribution in [2.45, 2.75) is 25.0 Å². The Hall–Kier alpha value is -1.81. The van der Waals surface area contributed by atoms with Gasteiger partial charge in [-0.1, -0.05) is 18.2 Å². The first-order chi connectivity index (χ1) is 9.75. The molecule has 2 unspecified atom stereocenters. The number of epoxide rings is 1. The minimum Gasteiger partial charge on any atom is -0.363 e. The molecule has 2 fully saturated rings. The second kappa shape index (κ2) is 4.35. The van der Waals surface area contributed by atoms with Crippen LogP contribution in [0.25, 0.3) is 10.9 Å². The van der Waals surface area contributed by atoms with E-state index in [1.54, 1.807) is 0 Å². The molecular weight excluding hydrogens is 252 g/mol. The summed E-state index contributed by atoms with van der Waals surface area (Å²) in [4.78, 5) is 14.3. The van der Waals surface area contributed by atoms with Crippen molar-refractivity contribution in [3.05, 3.63) is 36.0 Å². The number of hydrogen-bond acceptors (Lipinski definition) is 2. The summed E-state index contributed by atoms with van der Waals surface area (Å²) in [5.74, 6) is 0.167. The van der Waals surface area contributed by atoms with E-state index in [0.29, 0.717) is 6.61 Å². The van der Waals surface area contributed by atoms with Crippen LogP contribution in [0.1, 0.15) is 24.4 Å². The SMILES string of the molecule is Cn1cc(C2CCCN2C(=O)C2CO2)c2ccccc21. The number of benzene rings is 1. The Bertz CT molecular complexity index is 672. The van der Waals surface area contributed by atoms with Crippen molar-refractivity contribution in [2.24, 2.45) is 7.05 Å². The lowest BCUT2D eigenvalue weighted by molar-refractivity contribution is -0.133. The molecule has 3 heterocycles. The van der Waals surface area contributed by atoms with Gasteiger partial charge < -0.3 is 14.2 Å². The molecular formula is C16H18N2O2. The Kier molecular flexibility index (Phi) is 2.60. The molecule has 1 amide bonds. The topological polar surface area (TPSA) is 37.8 Å². The zero-order chi connectivity index (χ0) is 13.7. The number of rotatable bonds is 2. The summed E-state index contributed by atoms with van der Waals surface area (Å²) in [5, 5.41) is 1.26. The quantitative estimate of drug-likeness (QED) is 0.785. The largest absolute Gasteiger partial charge is 0.363 e. The Labute approximate surface area is 117 Å². The number of carbonyl (C=O) groups excluding carboxylic acids is 1. The van der Waals surface area contributed by atoms with Crippen LogP contribution in [0.15, 0.2) is 30.5 Å². The number of aryl methyl sites for hydroxylation is 1. The predicted octanol–water partition coefficient (Wildman–Crippen LogP) is 2.24. The van der Waals surface area contributed by atoms with Crippen molar-refractivity contribution in [3.8, 4) is 0 Å². The number of fused-ring (bicyclic) bond motifs is 1. The normalized spacial score (nSPS) is 25.4. The summed E-state index contributed by atoms with van der Waals surface area (Å²) < 4.78 is 7.32. The molecule has 0 saturated carbocycles. The number of ether oxygens (including phenoxy) is 1. The van der Waals surface area contributed by atoms with Gasteiger partial charge in [0.05, 0.1) is 12.6 Å². The highest BCUT2D eigenvalue weighted by Crippen LogP contribution is 2.37. The second-order valence-corrected chi connectivity index (χ2v) is 5.72. The van der Waals surface area contributed by atoms with Crippen LogP contribution in [-0.4, -0.2) is 34.6 Å². The van der Waals surface area contributed by atoms with E-state index in [2.05, 4.69) is 42.1 Å². The van der Waals surface area contributed by atoms with Gasteiger partial charge in [0.1, 0.15) is 0 Å². The van der Waals surface area contributed by atoms with E-state index in [1.807, 2.05) is 4.90 Å². The Balaban J connectivity index is 1.76. The van der Waals surface area contributed by atoms with E-state index in [-0.39, 0.29) is 18.1 Å². The number of nitrogens with zero attached hydrogens (tertiary/aromatic N) is 2. The summed E-state index contributed by atoms with van der Waals surface area (Å²) in [7, 11) is 2.07. The van der Waals surface area contributed by atoms with Crippen molar-refractivity contribution in [1.82, 2.24) is 9.47 Å². The summed E-state index contributed by atoms with van der Waals surface area (Å²) in [5.41, 5.74) is 2.50. The first-order valence-corrected chi connectivity index (χ1v) is 7.22. The average molecular weight is 270 g/mol. The number of carbonyl (C=O) groups is 1. The molecule has 0 aliphatic carbocycles. The van der Waals surface area contributed by atoms with E-state index in [9.17, 15) is 4.79 Å². The number of likely N-dealkylation sites (tertiary alicyclic amines) is 1. The second-order valence-electron chi connectivity index (χ2n) is 5.72. The molecule has 0 N–H and O–H groups in total. The molecule has 2 aromatic rings. The fraction of sp³-hybridized carbons (Fsp3) is 0.438. The molecule has 2 aliphatic rings. The highest BCUT2D eigenvalue weighted by molar-refractivity contribution is 5.87. The van der Waals surface area contributed by atoms with Crippen molar-refractivity contribution in [1.29, 1.82) is 0 Å². The van der Waals surface area contributed by atoms with Gasteiger partial charge in [-0.2, -0.15) is 0 Å². The summed E-state index contributed by atoms with van der Waals surface area (Å²) in [6.45, 7) is 1.45. The zero-order valence-electron chi connectivity index (χ0n) is 11.6. The van der Waals surface area contributed by atoms with Gasteiger partial charge in [-0.05, 0) is 18.9 Å². The van der Waals surface area contributed by atoms with Gasteiger partial charge in [-0.3, -0.25) is 4.79 Å². The molecule has 1 aromatic heterocycles. The summed E-state index contributed by atoms with van der Waals surface area (Å²) in [6.07, 6.45) is 4.12. The monoisotopic (exact) mass is 270 g/mol. The lowest BCUT2D eigenvalue weighted by Gasteiger charge is -2.24. The minimum atomic E-state index is -0.175. The number of amides is 1. The van der Waals surface area contributed by atoms with Gasteiger partial charge in [0.2, 0.25) is 0 Å². The van der Waals surface area contributed by atoms with Crippen LogP contribution in [0, 0.1) is 0 Å². The van der Waals surface area contributed by atoms with Crippen molar-refractivity contribution in [3.63, 3.8) is 0 Å². The van der Waals surface area contributed by atoms with Crippen molar-refractivity contribution in [2.75, 3.05) is 13.2 Å². The fourth-order valence-corrected chi connectivity index (χ4v) is 3.37. The Morgan fingerprint density at radius 1 is 1.35 bits per heavy atom. The van der Waals surface area contributed by atoms with Gasteiger partial charge >= 0.3 is 0 Å². The molecule has 2 saturated heterocycles. The Morgan fingerprint density at radius 2 is 2.15 bits per heavy atom. The first-order valence-electron chi connectivity index (χ1n) is 7.22. The molecule has 20 heavy (non-hydrogen) atoms. The Morgan fingerprint density at radius 3 is 2.95 bits per heavy atom. The lowest BCUT2D eigenvalue weighted by Crippen LogP contribution is -2.33. The van der Waals surface area contributed by atoms with Crippen LogP contribution in [-0.2, 0) is 16.6 Å². The van der Waals surface area contributed by atoms with Crippen LogP contribution in [0.4, 0.5) is 0 Å². The third-order valence-electron chi connectivity index (χ3n) is 4.43. The van der Waals surface area contributed by atoms with Crippen LogP contribution < -0.4 is 0 Å². The van der Waals surface area contributed by atoms with Gasteiger partial charge in [0.25, 0.3) is 5.91 Å². The molecule has 0 radical (unpaired) electrons. The lowest BCUT2D eigenvalue weighted by atomic mass is 10.0. The highest BCUT2D eigenvalue weighted by atomic mass is 16.6. The molecule has 4 heteroatoms. The van der Waals surface area contributed by atoms with E-state index in [0.717, 1.165) is 19.4 Å². The molecule has 0 spiro atoms. The summed E-state index contributed by atoms with van der Waals surface area (Å²) in [6, 6.07) is 8.61. The maximum Gasteiger partial charge on any atom is 0.254 e.